The fourth-order valence-corrected chi connectivity index (χ4v) is 4.62. The Morgan fingerprint density at radius 1 is 1.42 bits per heavy atom. The number of aromatic nitrogens is 1. The number of carbonyl (C=O) groups excluding carboxylic acids is 2. The molecule has 1 saturated heterocycles. The van der Waals surface area contributed by atoms with Crippen molar-refractivity contribution in [2.45, 2.75) is 46.3 Å². The molecule has 134 valence electrons. The second-order valence-corrected chi connectivity index (χ2v) is 8.16. The molecular formula is C15H22N2O6S. The van der Waals surface area contributed by atoms with Crippen LogP contribution in [-0.4, -0.2) is 60.5 Å². The van der Waals surface area contributed by atoms with Gasteiger partial charge in [0.1, 0.15) is 11.3 Å². The molecule has 1 fully saturated rings. The summed E-state index contributed by atoms with van der Waals surface area (Å²) < 4.78 is 33.4. The highest BCUT2D eigenvalue weighted by molar-refractivity contribution is 7.91. The first-order valence-corrected chi connectivity index (χ1v) is 9.63. The maximum atomic E-state index is 12.6. The number of hydrogen-bond acceptors (Lipinski definition) is 7. The van der Waals surface area contributed by atoms with E-state index in [-0.39, 0.29) is 23.1 Å². The van der Waals surface area contributed by atoms with Gasteiger partial charge < -0.3 is 14.2 Å². The topological polar surface area (TPSA) is 107 Å². The van der Waals surface area contributed by atoms with Crippen LogP contribution in [-0.2, 0) is 19.4 Å². The Labute approximate surface area is 141 Å². The van der Waals surface area contributed by atoms with Gasteiger partial charge in [0.15, 0.2) is 15.9 Å². The summed E-state index contributed by atoms with van der Waals surface area (Å²) in [5.74, 6) is -0.723. The summed E-state index contributed by atoms with van der Waals surface area (Å²) in [5.41, 5.74) is 0.604. The molecule has 0 N–H and O–H groups in total. The van der Waals surface area contributed by atoms with Gasteiger partial charge in [-0.25, -0.2) is 13.2 Å². The summed E-state index contributed by atoms with van der Waals surface area (Å²) in [7, 11) is -3.10. The largest absolute Gasteiger partial charge is 0.449 e. The van der Waals surface area contributed by atoms with E-state index in [1.165, 1.54) is 11.8 Å². The molecule has 1 aromatic heterocycles. The highest BCUT2D eigenvalue weighted by Crippen LogP contribution is 2.20. The van der Waals surface area contributed by atoms with Gasteiger partial charge in [-0.1, -0.05) is 5.16 Å². The van der Waals surface area contributed by atoms with Crippen molar-refractivity contribution in [3.05, 3.63) is 17.0 Å². The Hall–Kier alpha value is -1.90. The molecule has 0 radical (unpaired) electrons. The standard InChI is InChI=1S/C15H22N2O6S/c1-5-17(12-6-7-24(20,21)8-12)14(18)11(4)22-15(19)13-9(2)16-23-10(13)3/h11-12H,5-8H2,1-4H3/t11-,12+/m1/s1. The van der Waals surface area contributed by atoms with Crippen LogP contribution in [0.1, 0.15) is 42.1 Å². The summed E-state index contributed by atoms with van der Waals surface area (Å²) in [6.45, 7) is 6.80. The van der Waals surface area contributed by atoms with Crippen LogP contribution in [0.5, 0.6) is 0 Å². The molecule has 0 unspecified atom stereocenters. The normalized spacial score (nSPS) is 20.6. The zero-order chi connectivity index (χ0) is 18.1. The van der Waals surface area contributed by atoms with Crippen molar-refractivity contribution in [1.82, 2.24) is 10.1 Å². The van der Waals surface area contributed by atoms with Gasteiger partial charge in [-0.15, -0.1) is 0 Å². The molecule has 2 rings (SSSR count). The molecule has 2 atom stereocenters. The first-order chi connectivity index (χ1) is 11.2. The number of likely N-dealkylation sites (N-methyl/N-ethyl adjacent to an activating group) is 1. The molecule has 1 amide bonds. The molecule has 0 spiro atoms. The van der Waals surface area contributed by atoms with Crippen molar-refractivity contribution < 1.29 is 27.3 Å². The summed E-state index contributed by atoms with van der Waals surface area (Å²) in [4.78, 5) is 26.2. The Bertz CT molecular complexity index is 720. The summed E-state index contributed by atoms with van der Waals surface area (Å²) in [5, 5.41) is 3.68. The molecule has 0 saturated carbocycles. The number of sulfone groups is 1. The third-order valence-corrected chi connectivity index (χ3v) is 5.89. The van der Waals surface area contributed by atoms with Crippen LogP contribution in [0.4, 0.5) is 0 Å². The predicted molar refractivity (Wildman–Crippen MR) is 85.3 cm³/mol. The van der Waals surface area contributed by atoms with E-state index in [1.807, 2.05) is 0 Å². The smallest absolute Gasteiger partial charge is 0.344 e. The molecule has 2 heterocycles. The van der Waals surface area contributed by atoms with E-state index >= 15 is 0 Å². The maximum absolute atomic E-state index is 12.6. The molecule has 8 nitrogen and oxygen atoms in total. The quantitative estimate of drug-likeness (QED) is 0.719. The molecule has 0 bridgehead atoms. The van der Waals surface area contributed by atoms with E-state index in [0.717, 1.165) is 0 Å². The van der Waals surface area contributed by atoms with E-state index in [0.29, 0.717) is 24.4 Å². The molecule has 9 heteroatoms. The van der Waals surface area contributed by atoms with E-state index in [9.17, 15) is 18.0 Å². The highest BCUT2D eigenvalue weighted by Gasteiger charge is 2.36. The molecule has 1 aliphatic heterocycles. The van der Waals surface area contributed by atoms with Crippen LogP contribution in [0, 0.1) is 13.8 Å². The lowest BCUT2D eigenvalue weighted by Crippen LogP contribution is -2.46. The molecule has 0 aromatic carbocycles. The lowest BCUT2D eigenvalue weighted by atomic mass is 10.2. The second kappa shape index (κ2) is 6.92. The van der Waals surface area contributed by atoms with E-state index < -0.39 is 27.8 Å². The SMILES string of the molecule is CCN(C(=O)[C@@H](C)OC(=O)c1c(C)noc1C)[C@H]1CCS(=O)(=O)C1. The fraction of sp³-hybridized carbons (Fsp3) is 0.667. The van der Waals surface area contributed by atoms with Crippen LogP contribution in [0.25, 0.3) is 0 Å². The average Bonchev–Trinajstić information content (AvgIpc) is 3.01. The third-order valence-electron chi connectivity index (χ3n) is 4.14. The minimum atomic E-state index is -3.10. The van der Waals surface area contributed by atoms with Gasteiger partial charge in [-0.2, -0.15) is 0 Å². The van der Waals surface area contributed by atoms with Crippen molar-refractivity contribution in [2.75, 3.05) is 18.1 Å². The predicted octanol–water partition coefficient (Wildman–Crippen LogP) is 0.872. The Balaban J connectivity index is 2.06. The van der Waals surface area contributed by atoms with E-state index in [4.69, 9.17) is 9.26 Å². The van der Waals surface area contributed by atoms with Gasteiger partial charge in [0.05, 0.1) is 17.2 Å². The Kier molecular flexibility index (Phi) is 5.32. The fourth-order valence-electron chi connectivity index (χ4n) is 2.89. The highest BCUT2D eigenvalue weighted by atomic mass is 32.2. The zero-order valence-electron chi connectivity index (χ0n) is 14.2. The molecule has 1 aliphatic rings. The van der Waals surface area contributed by atoms with E-state index in [1.54, 1.807) is 20.8 Å². The molecule has 0 aliphatic carbocycles. The van der Waals surface area contributed by atoms with Gasteiger partial charge in [0.2, 0.25) is 0 Å². The summed E-state index contributed by atoms with van der Waals surface area (Å²) >= 11 is 0. The number of nitrogens with zero attached hydrogens (tertiary/aromatic N) is 2. The van der Waals surface area contributed by atoms with E-state index in [2.05, 4.69) is 5.16 Å². The first kappa shape index (κ1) is 18.4. The number of carbonyl (C=O) groups is 2. The van der Waals surface area contributed by atoms with Crippen LogP contribution in [0.15, 0.2) is 4.52 Å². The lowest BCUT2D eigenvalue weighted by molar-refractivity contribution is -0.141. The number of rotatable bonds is 5. The minimum absolute atomic E-state index is 0.0445. The number of aryl methyl sites for hydroxylation is 2. The second-order valence-electron chi connectivity index (χ2n) is 5.93. The number of ether oxygens (including phenoxy) is 1. The van der Waals surface area contributed by atoms with Crippen LogP contribution in [0.3, 0.4) is 0 Å². The monoisotopic (exact) mass is 358 g/mol. The maximum Gasteiger partial charge on any atom is 0.344 e. The van der Waals surface area contributed by atoms with Gasteiger partial charge >= 0.3 is 5.97 Å². The van der Waals surface area contributed by atoms with Crippen molar-refractivity contribution in [3.63, 3.8) is 0 Å². The minimum Gasteiger partial charge on any atom is -0.449 e. The molecule has 1 aromatic rings. The molecular weight excluding hydrogens is 336 g/mol. The third kappa shape index (κ3) is 3.77. The first-order valence-electron chi connectivity index (χ1n) is 7.81. The lowest BCUT2D eigenvalue weighted by Gasteiger charge is -2.29. The van der Waals surface area contributed by atoms with Gasteiger partial charge in [-0.3, -0.25) is 4.79 Å². The van der Waals surface area contributed by atoms with Crippen LogP contribution < -0.4 is 0 Å². The van der Waals surface area contributed by atoms with Crippen molar-refractivity contribution in [3.8, 4) is 0 Å². The van der Waals surface area contributed by atoms with Gasteiger partial charge in [0.25, 0.3) is 5.91 Å². The van der Waals surface area contributed by atoms with Crippen molar-refractivity contribution in [1.29, 1.82) is 0 Å². The average molecular weight is 358 g/mol. The van der Waals surface area contributed by atoms with Gasteiger partial charge in [0, 0.05) is 12.6 Å². The number of amides is 1. The van der Waals surface area contributed by atoms with Crippen LogP contribution >= 0.6 is 0 Å². The van der Waals surface area contributed by atoms with Crippen LogP contribution in [0.2, 0.25) is 0 Å². The van der Waals surface area contributed by atoms with Gasteiger partial charge in [-0.05, 0) is 34.1 Å². The van der Waals surface area contributed by atoms with Crippen molar-refractivity contribution in [2.24, 2.45) is 0 Å². The number of hydrogen-bond donors (Lipinski definition) is 0. The Morgan fingerprint density at radius 2 is 2.08 bits per heavy atom. The summed E-state index contributed by atoms with van der Waals surface area (Å²) in [6.07, 6.45) is -0.610. The molecule has 24 heavy (non-hydrogen) atoms. The summed E-state index contributed by atoms with van der Waals surface area (Å²) in [6, 6.07) is -0.368. The zero-order valence-corrected chi connectivity index (χ0v) is 15.1. The number of esters is 1. The van der Waals surface area contributed by atoms with Crippen molar-refractivity contribution >= 4 is 21.7 Å². The Morgan fingerprint density at radius 3 is 2.54 bits per heavy atom.